The minimum absolute atomic E-state index is 0. The molecular weight excluding hydrogens is 327 g/mol. The van der Waals surface area contributed by atoms with E-state index in [-0.39, 0.29) is 30.0 Å². The van der Waals surface area contributed by atoms with Gasteiger partial charge >= 0.3 is 0 Å². The molecule has 0 radical (unpaired) electrons. The lowest BCUT2D eigenvalue weighted by molar-refractivity contribution is -0.116. The van der Waals surface area contributed by atoms with Crippen molar-refractivity contribution in [2.24, 2.45) is 0 Å². The maximum Gasteiger partial charge on any atom is 0.224 e. The van der Waals surface area contributed by atoms with Crippen LogP contribution in [0.1, 0.15) is 37.3 Å². The number of hydrogen-bond acceptors (Lipinski definition) is 2. The van der Waals surface area contributed by atoms with Gasteiger partial charge in [0, 0.05) is 18.7 Å². The molecule has 0 bridgehead atoms. The van der Waals surface area contributed by atoms with Gasteiger partial charge in [-0.25, -0.2) is 4.39 Å². The third kappa shape index (κ3) is 5.95. The monoisotopic (exact) mass is 350 g/mol. The highest BCUT2D eigenvalue weighted by atomic mass is 35.5. The molecule has 2 N–H and O–H groups in total. The summed E-state index contributed by atoms with van der Waals surface area (Å²) in [7, 11) is 0. The minimum atomic E-state index is -0.272. The first-order valence-corrected chi connectivity index (χ1v) is 7.94. The number of amides is 1. The van der Waals surface area contributed by atoms with Crippen molar-refractivity contribution in [1.82, 2.24) is 5.32 Å². The van der Waals surface area contributed by atoms with E-state index in [1.54, 1.807) is 6.07 Å². The Balaban J connectivity index is 0.00000288. The minimum Gasteiger partial charge on any atom is -0.326 e. The fourth-order valence-corrected chi connectivity index (χ4v) is 2.47. The molecular formula is C19H24ClFN2O. The van der Waals surface area contributed by atoms with Gasteiger partial charge in [-0.3, -0.25) is 4.79 Å². The van der Waals surface area contributed by atoms with Crippen LogP contribution in [0, 0.1) is 5.82 Å². The van der Waals surface area contributed by atoms with Crippen LogP contribution in [0.25, 0.3) is 0 Å². The molecule has 0 spiro atoms. The highest BCUT2D eigenvalue weighted by molar-refractivity contribution is 5.92. The van der Waals surface area contributed by atoms with Gasteiger partial charge in [-0.15, -0.1) is 12.4 Å². The Kier molecular flexibility index (Phi) is 8.44. The largest absolute Gasteiger partial charge is 0.326 e. The lowest BCUT2D eigenvalue weighted by atomic mass is 9.97. The number of hydrogen-bond donors (Lipinski definition) is 2. The summed E-state index contributed by atoms with van der Waals surface area (Å²) in [6.45, 7) is 5.56. The van der Waals surface area contributed by atoms with Gasteiger partial charge < -0.3 is 10.6 Å². The molecule has 0 fully saturated rings. The van der Waals surface area contributed by atoms with Gasteiger partial charge in [0.1, 0.15) is 5.82 Å². The van der Waals surface area contributed by atoms with Gasteiger partial charge in [-0.1, -0.05) is 44.2 Å². The predicted octanol–water partition coefficient (Wildman–Crippen LogP) is 4.49. The third-order valence-electron chi connectivity index (χ3n) is 3.77. The molecule has 0 heterocycles. The molecule has 2 aromatic rings. The second kappa shape index (κ2) is 10.1. The van der Waals surface area contributed by atoms with E-state index in [4.69, 9.17) is 0 Å². The Labute approximate surface area is 149 Å². The van der Waals surface area contributed by atoms with Crippen molar-refractivity contribution in [2.75, 3.05) is 11.9 Å². The van der Waals surface area contributed by atoms with Crippen LogP contribution in [0.3, 0.4) is 0 Å². The van der Waals surface area contributed by atoms with Crippen molar-refractivity contribution in [3.8, 4) is 0 Å². The summed E-state index contributed by atoms with van der Waals surface area (Å²) in [6, 6.07) is 14.2. The van der Waals surface area contributed by atoms with Crippen LogP contribution in [0.5, 0.6) is 0 Å². The fraction of sp³-hybridized carbons (Fsp3) is 0.316. The average Bonchev–Trinajstić information content (AvgIpc) is 2.54. The van der Waals surface area contributed by atoms with Crippen molar-refractivity contribution in [2.45, 2.75) is 32.7 Å². The molecule has 5 heteroatoms. The van der Waals surface area contributed by atoms with Gasteiger partial charge in [-0.2, -0.15) is 0 Å². The van der Waals surface area contributed by atoms with E-state index >= 15 is 0 Å². The number of anilines is 1. The first kappa shape index (κ1) is 20.1. The molecule has 3 nitrogen and oxygen atoms in total. The average molecular weight is 351 g/mol. The summed E-state index contributed by atoms with van der Waals surface area (Å²) in [5.74, 6) is -0.372. The molecule has 0 aromatic heterocycles. The maximum atomic E-state index is 13.3. The molecule has 0 aliphatic rings. The third-order valence-corrected chi connectivity index (χ3v) is 3.77. The summed E-state index contributed by atoms with van der Waals surface area (Å²) in [6.07, 6.45) is 0.318. The summed E-state index contributed by atoms with van der Waals surface area (Å²) < 4.78 is 13.3. The lowest BCUT2D eigenvalue weighted by Crippen LogP contribution is -2.18. The van der Waals surface area contributed by atoms with Crippen molar-refractivity contribution < 1.29 is 9.18 Å². The van der Waals surface area contributed by atoms with E-state index in [0.717, 1.165) is 23.4 Å². The van der Waals surface area contributed by atoms with Crippen LogP contribution in [-0.2, 0) is 11.3 Å². The molecule has 2 aromatic carbocycles. The zero-order valence-electron chi connectivity index (χ0n) is 14.0. The number of benzene rings is 2. The second-order valence-electron chi connectivity index (χ2n) is 5.65. The molecule has 24 heavy (non-hydrogen) atoms. The van der Waals surface area contributed by atoms with Crippen molar-refractivity contribution >= 4 is 24.0 Å². The Morgan fingerprint density at radius 1 is 1.17 bits per heavy atom. The first-order chi connectivity index (χ1) is 11.1. The van der Waals surface area contributed by atoms with E-state index in [1.807, 2.05) is 44.2 Å². The van der Waals surface area contributed by atoms with Gasteiger partial charge in [0.15, 0.2) is 0 Å². The van der Waals surface area contributed by atoms with Crippen LogP contribution in [0.4, 0.5) is 10.1 Å². The van der Waals surface area contributed by atoms with Gasteiger partial charge in [0.25, 0.3) is 0 Å². The fourth-order valence-electron chi connectivity index (χ4n) is 2.47. The first-order valence-electron chi connectivity index (χ1n) is 7.94. The molecule has 2 rings (SSSR count). The lowest BCUT2D eigenvalue weighted by Gasteiger charge is -2.14. The Morgan fingerprint density at radius 2 is 1.92 bits per heavy atom. The van der Waals surface area contributed by atoms with Crippen LogP contribution in [0.2, 0.25) is 0 Å². The zero-order valence-corrected chi connectivity index (χ0v) is 14.8. The SMILES string of the molecule is CCNCc1ccccc1NC(=O)CC(C)c1cccc(F)c1.Cl. The Bertz CT molecular complexity index is 663. The topological polar surface area (TPSA) is 41.1 Å². The Morgan fingerprint density at radius 3 is 2.62 bits per heavy atom. The summed E-state index contributed by atoms with van der Waals surface area (Å²) in [5, 5.41) is 6.22. The smallest absolute Gasteiger partial charge is 0.224 e. The second-order valence-corrected chi connectivity index (χ2v) is 5.65. The van der Waals surface area contributed by atoms with Gasteiger partial charge in [-0.05, 0) is 41.8 Å². The molecule has 0 saturated carbocycles. The van der Waals surface area contributed by atoms with E-state index in [1.165, 1.54) is 12.1 Å². The van der Waals surface area contributed by atoms with E-state index in [9.17, 15) is 9.18 Å². The van der Waals surface area contributed by atoms with Crippen LogP contribution < -0.4 is 10.6 Å². The van der Waals surface area contributed by atoms with Crippen LogP contribution in [-0.4, -0.2) is 12.5 Å². The highest BCUT2D eigenvalue weighted by Crippen LogP contribution is 2.21. The number of nitrogens with one attached hydrogen (secondary N) is 2. The van der Waals surface area contributed by atoms with E-state index in [0.29, 0.717) is 13.0 Å². The molecule has 0 aliphatic heterocycles. The zero-order chi connectivity index (χ0) is 16.7. The number of carbonyl (C=O) groups excluding carboxylic acids is 1. The van der Waals surface area contributed by atoms with Crippen LogP contribution in [0.15, 0.2) is 48.5 Å². The normalized spacial score (nSPS) is 11.5. The summed E-state index contributed by atoms with van der Waals surface area (Å²) >= 11 is 0. The molecule has 0 aliphatic carbocycles. The number of para-hydroxylation sites is 1. The summed E-state index contributed by atoms with van der Waals surface area (Å²) in [4.78, 5) is 12.3. The predicted molar refractivity (Wildman–Crippen MR) is 99.1 cm³/mol. The maximum absolute atomic E-state index is 13.3. The molecule has 0 saturated heterocycles. The van der Waals surface area contributed by atoms with Crippen molar-refractivity contribution in [3.63, 3.8) is 0 Å². The van der Waals surface area contributed by atoms with Crippen LogP contribution >= 0.6 is 12.4 Å². The highest BCUT2D eigenvalue weighted by Gasteiger charge is 2.13. The molecule has 1 atom stereocenters. The Hall–Kier alpha value is -1.91. The number of carbonyl (C=O) groups is 1. The number of halogens is 2. The molecule has 1 unspecified atom stereocenters. The summed E-state index contributed by atoms with van der Waals surface area (Å²) in [5.41, 5.74) is 2.71. The standard InChI is InChI=1S/C19H23FN2O.ClH/c1-3-21-13-16-7-4-5-10-18(16)22-19(23)11-14(2)15-8-6-9-17(20)12-15;/h4-10,12,14,21H,3,11,13H2,1-2H3,(H,22,23);1H. The van der Waals surface area contributed by atoms with Gasteiger partial charge in [0.05, 0.1) is 0 Å². The van der Waals surface area contributed by atoms with E-state index in [2.05, 4.69) is 10.6 Å². The quantitative estimate of drug-likeness (QED) is 0.772. The van der Waals surface area contributed by atoms with Crippen molar-refractivity contribution in [1.29, 1.82) is 0 Å². The van der Waals surface area contributed by atoms with E-state index < -0.39 is 0 Å². The van der Waals surface area contributed by atoms with Gasteiger partial charge in [0.2, 0.25) is 5.91 Å². The molecule has 130 valence electrons. The van der Waals surface area contributed by atoms with Crippen molar-refractivity contribution in [3.05, 3.63) is 65.5 Å². The number of rotatable bonds is 7. The molecule has 1 amide bonds.